The van der Waals surface area contributed by atoms with Crippen LogP contribution in [0.2, 0.25) is 0 Å². The molecule has 0 amide bonds. The molecule has 0 spiro atoms. The Morgan fingerprint density at radius 1 is 1.08 bits per heavy atom. The molecule has 3 nitrogen and oxygen atoms in total. The van der Waals surface area contributed by atoms with Gasteiger partial charge < -0.3 is 10.1 Å². The smallest absolute Gasteiger partial charge is 0.428 e. The SMILES string of the molecule is CC(C)CC[C@H](c1ccc(OC(F)(F)C(F)F)cc1)N1CCNCC1. The van der Waals surface area contributed by atoms with Gasteiger partial charge >= 0.3 is 12.5 Å². The molecule has 0 aromatic heterocycles. The van der Waals surface area contributed by atoms with Gasteiger partial charge in [-0.1, -0.05) is 26.0 Å². The Hall–Kier alpha value is -1.34. The molecular weight excluding hydrogens is 336 g/mol. The van der Waals surface area contributed by atoms with E-state index in [-0.39, 0.29) is 11.8 Å². The molecule has 1 aliphatic rings. The summed E-state index contributed by atoms with van der Waals surface area (Å²) in [6, 6.07) is 6.27. The van der Waals surface area contributed by atoms with E-state index in [2.05, 4.69) is 28.8 Å². The molecule has 25 heavy (non-hydrogen) atoms. The van der Waals surface area contributed by atoms with Gasteiger partial charge in [0, 0.05) is 32.2 Å². The van der Waals surface area contributed by atoms with E-state index >= 15 is 0 Å². The van der Waals surface area contributed by atoms with Gasteiger partial charge in [0.05, 0.1) is 0 Å². The van der Waals surface area contributed by atoms with Gasteiger partial charge in [0.2, 0.25) is 0 Å². The van der Waals surface area contributed by atoms with Crippen LogP contribution in [0.4, 0.5) is 17.6 Å². The van der Waals surface area contributed by atoms with Crippen molar-refractivity contribution in [3.63, 3.8) is 0 Å². The summed E-state index contributed by atoms with van der Waals surface area (Å²) in [6.07, 6.45) is -6.31. The van der Waals surface area contributed by atoms with E-state index in [1.807, 2.05) is 0 Å². The summed E-state index contributed by atoms with van der Waals surface area (Å²) in [7, 11) is 0. The third kappa shape index (κ3) is 5.85. The highest BCUT2D eigenvalue weighted by atomic mass is 19.3. The number of ether oxygens (including phenoxy) is 1. The fraction of sp³-hybridized carbons (Fsp3) is 0.667. The van der Waals surface area contributed by atoms with Crippen LogP contribution in [-0.2, 0) is 0 Å². The molecule has 0 bridgehead atoms. The number of piperazine rings is 1. The maximum Gasteiger partial charge on any atom is 0.461 e. The van der Waals surface area contributed by atoms with Crippen molar-refractivity contribution in [1.82, 2.24) is 10.2 Å². The third-order valence-electron chi connectivity index (χ3n) is 4.38. The van der Waals surface area contributed by atoms with E-state index < -0.39 is 12.5 Å². The van der Waals surface area contributed by atoms with Gasteiger partial charge in [0.25, 0.3) is 0 Å². The number of nitrogens with one attached hydrogen (secondary N) is 1. The Bertz CT molecular complexity index is 516. The highest BCUT2D eigenvalue weighted by molar-refractivity contribution is 5.29. The molecule has 1 aromatic rings. The molecule has 1 atom stereocenters. The summed E-state index contributed by atoms with van der Waals surface area (Å²) >= 11 is 0. The minimum absolute atomic E-state index is 0.189. The lowest BCUT2D eigenvalue weighted by molar-refractivity contribution is -0.253. The highest BCUT2D eigenvalue weighted by Gasteiger charge is 2.43. The van der Waals surface area contributed by atoms with Gasteiger partial charge in [-0.3, -0.25) is 4.90 Å². The van der Waals surface area contributed by atoms with Gasteiger partial charge in [-0.2, -0.15) is 17.6 Å². The van der Waals surface area contributed by atoms with Crippen molar-refractivity contribution in [3.8, 4) is 5.75 Å². The van der Waals surface area contributed by atoms with Crippen molar-refractivity contribution in [3.05, 3.63) is 29.8 Å². The van der Waals surface area contributed by atoms with Gasteiger partial charge in [-0.05, 0) is 36.5 Å². The van der Waals surface area contributed by atoms with Crippen LogP contribution in [0.15, 0.2) is 24.3 Å². The first-order chi connectivity index (χ1) is 11.8. The van der Waals surface area contributed by atoms with Crippen molar-refractivity contribution < 1.29 is 22.3 Å². The molecule has 1 aromatic carbocycles. The standard InChI is InChI=1S/C18H26F4N2O/c1-13(2)3-8-16(24-11-9-23-10-12-24)14-4-6-15(7-5-14)25-18(21,22)17(19)20/h4-7,13,16-17,23H,3,8-12H2,1-2H3/t16-/m1/s1. The predicted molar refractivity (Wildman–Crippen MR) is 89.3 cm³/mol. The molecule has 2 rings (SSSR count). The van der Waals surface area contributed by atoms with Crippen LogP contribution in [0.1, 0.15) is 38.3 Å². The largest absolute Gasteiger partial charge is 0.461 e. The lowest BCUT2D eigenvalue weighted by atomic mass is 9.95. The van der Waals surface area contributed by atoms with Crippen molar-refractivity contribution in [2.24, 2.45) is 5.92 Å². The number of benzene rings is 1. The van der Waals surface area contributed by atoms with Crippen LogP contribution in [0.3, 0.4) is 0 Å². The zero-order chi connectivity index (χ0) is 18.4. The van der Waals surface area contributed by atoms with Gasteiger partial charge in [0.15, 0.2) is 0 Å². The molecule has 0 saturated carbocycles. The third-order valence-corrected chi connectivity index (χ3v) is 4.38. The molecule has 0 radical (unpaired) electrons. The second-order valence-corrected chi connectivity index (χ2v) is 6.81. The molecule has 1 aliphatic heterocycles. The first-order valence-corrected chi connectivity index (χ1v) is 8.69. The normalized spacial score (nSPS) is 17.9. The molecule has 0 unspecified atom stereocenters. The van der Waals surface area contributed by atoms with E-state index in [0.717, 1.165) is 44.6 Å². The maximum absolute atomic E-state index is 13.0. The first-order valence-electron chi connectivity index (χ1n) is 8.69. The average Bonchev–Trinajstić information content (AvgIpc) is 2.57. The monoisotopic (exact) mass is 362 g/mol. The number of hydrogen-bond donors (Lipinski definition) is 1. The van der Waals surface area contributed by atoms with Gasteiger partial charge in [-0.15, -0.1) is 0 Å². The second kappa shape index (κ2) is 8.85. The number of hydrogen-bond acceptors (Lipinski definition) is 3. The zero-order valence-corrected chi connectivity index (χ0v) is 14.7. The van der Waals surface area contributed by atoms with E-state index in [9.17, 15) is 17.6 Å². The van der Waals surface area contributed by atoms with Gasteiger partial charge in [-0.25, -0.2) is 0 Å². The Labute approximate surface area is 146 Å². The summed E-state index contributed by atoms with van der Waals surface area (Å²) in [6.45, 7) is 8.01. The van der Waals surface area contributed by atoms with Crippen molar-refractivity contribution in [2.75, 3.05) is 26.2 Å². The van der Waals surface area contributed by atoms with Gasteiger partial charge in [0.1, 0.15) is 5.75 Å². The highest BCUT2D eigenvalue weighted by Crippen LogP contribution is 2.31. The number of nitrogens with zero attached hydrogens (tertiary/aromatic N) is 1. The fourth-order valence-electron chi connectivity index (χ4n) is 3.00. The molecule has 142 valence electrons. The first kappa shape index (κ1) is 20.0. The van der Waals surface area contributed by atoms with Crippen molar-refractivity contribution >= 4 is 0 Å². The molecular formula is C18H26F4N2O. The summed E-state index contributed by atoms with van der Waals surface area (Å²) in [5.41, 5.74) is 0.996. The van der Waals surface area contributed by atoms with Crippen LogP contribution in [-0.4, -0.2) is 43.6 Å². The summed E-state index contributed by atoms with van der Waals surface area (Å²) < 4.78 is 54.6. The lowest BCUT2D eigenvalue weighted by Gasteiger charge is -2.35. The Balaban J connectivity index is 2.11. The van der Waals surface area contributed by atoms with E-state index in [4.69, 9.17) is 0 Å². The molecule has 1 heterocycles. The summed E-state index contributed by atoms with van der Waals surface area (Å²) in [5.74, 6) is 0.315. The molecule has 1 N–H and O–H groups in total. The molecule has 0 aliphatic carbocycles. The number of halogens is 4. The molecule has 1 saturated heterocycles. The minimum Gasteiger partial charge on any atom is -0.428 e. The van der Waals surface area contributed by atoms with Crippen LogP contribution in [0.5, 0.6) is 5.75 Å². The van der Waals surface area contributed by atoms with Crippen molar-refractivity contribution in [2.45, 2.75) is 45.3 Å². The molecule has 7 heteroatoms. The topological polar surface area (TPSA) is 24.5 Å². The minimum atomic E-state index is -4.48. The van der Waals surface area contributed by atoms with Crippen LogP contribution in [0.25, 0.3) is 0 Å². The van der Waals surface area contributed by atoms with Crippen LogP contribution >= 0.6 is 0 Å². The van der Waals surface area contributed by atoms with E-state index in [1.54, 1.807) is 12.1 Å². The second-order valence-electron chi connectivity index (χ2n) is 6.81. The predicted octanol–water partition coefficient (Wildman–Crippen LogP) is 4.31. The number of rotatable bonds is 8. The summed E-state index contributed by atoms with van der Waals surface area (Å²) in [4.78, 5) is 2.38. The fourth-order valence-corrected chi connectivity index (χ4v) is 3.00. The maximum atomic E-state index is 13.0. The van der Waals surface area contributed by atoms with E-state index in [1.165, 1.54) is 12.1 Å². The van der Waals surface area contributed by atoms with Crippen molar-refractivity contribution in [1.29, 1.82) is 0 Å². The Morgan fingerprint density at radius 3 is 2.20 bits per heavy atom. The lowest BCUT2D eigenvalue weighted by Crippen LogP contribution is -2.45. The molecule has 1 fully saturated rings. The average molecular weight is 362 g/mol. The summed E-state index contributed by atoms with van der Waals surface area (Å²) in [5, 5.41) is 3.32. The Kier molecular flexibility index (Phi) is 7.07. The number of alkyl halides is 4. The quantitative estimate of drug-likeness (QED) is 0.698. The Morgan fingerprint density at radius 2 is 1.68 bits per heavy atom. The van der Waals surface area contributed by atoms with Crippen LogP contribution < -0.4 is 10.1 Å². The van der Waals surface area contributed by atoms with E-state index in [0.29, 0.717) is 5.92 Å². The van der Waals surface area contributed by atoms with Crippen LogP contribution in [0, 0.1) is 5.92 Å². The zero-order valence-electron chi connectivity index (χ0n) is 14.7.